The summed E-state index contributed by atoms with van der Waals surface area (Å²) in [6.07, 6.45) is 2.03. The molecule has 1 aromatic rings. The van der Waals surface area contributed by atoms with E-state index in [2.05, 4.69) is 15.2 Å². The Morgan fingerprint density at radius 1 is 1.56 bits per heavy atom. The van der Waals surface area contributed by atoms with Crippen LogP contribution in [0.3, 0.4) is 0 Å². The van der Waals surface area contributed by atoms with Crippen molar-refractivity contribution in [2.45, 2.75) is 24.9 Å². The highest BCUT2D eigenvalue weighted by atomic mass is 32.2. The van der Waals surface area contributed by atoms with Crippen LogP contribution in [0.15, 0.2) is 5.51 Å². The largest absolute Gasteiger partial charge is 0.337 e. The first-order chi connectivity index (χ1) is 8.81. The summed E-state index contributed by atoms with van der Waals surface area (Å²) >= 11 is 3.55. The molecule has 18 heavy (non-hydrogen) atoms. The summed E-state index contributed by atoms with van der Waals surface area (Å²) in [5.74, 6) is 2.50. The molecule has 1 fully saturated rings. The van der Waals surface area contributed by atoms with Crippen molar-refractivity contribution in [2.24, 2.45) is 0 Å². The summed E-state index contributed by atoms with van der Waals surface area (Å²) in [6.45, 7) is 0.818. The zero-order valence-electron chi connectivity index (χ0n) is 10.4. The van der Waals surface area contributed by atoms with E-state index in [1.807, 2.05) is 24.3 Å². The molecule has 1 saturated heterocycles. The van der Waals surface area contributed by atoms with Gasteiger partial charge in [0.25, 0.3) is 0 Å². The number of rotatable bonds is 2. The Bertz CT molecular complexity index is 442. The van der Waals surface area contributed by atoms with Gasteiger partial charge in [-0.3, -0.25) is 4.79 Å². The van der Waals surface area contributed by atoms with Crippen LogP contribution in [-0.4, -0.2) is 46.9 Å². The molecular formula is C12H17N3OS2. The minimum atomic E-state index is -0.194. The van der Waals surface area contributed by atoms with Crippen LogP contribution >= 0.6 is 23.1 Å². The number of thioether (sulfide) groups is 1. The molecule has 0 aromatic carbocycles. The van der Waals surface area contributed by atoms with Crippen LogP contribution in [0.1, 0.15) is 23.0 Å². The molecule has 1 amide bonds. The first-order valence-electron chi connectivity index (χ1n) is 6.29. The van der Waals surface area contributed by atoms with E-state index < -0.39 is 0 Å². The van der Waals surface area contributed by atoms with Gasteiger partial charge in [-0.1, -0.05) is 0 Å². The van der Waals surface area contributed by atoms with E-state index in [1.54, 1.807) is 11.3 Å². The van der Waals surface area contributed by atoms with Crippen LogP contribution in [0.25, 0.3) is 0 Å². The SMILES string of the molecule is CNC1C(=O)N(C2CCSC2)CCc2ncsc21. The lowest BCUT2D eigenvalue weighted by molar-refractivity contribution is -0.135. The number of likely N-dealkylation sites (N-methyl/N-ethyl adjacent to an activating group) is 1. The van der Waals surface area contributed by atoms with Crippen LogP contribution in [0.4, 0.5) is 0 Å². The number of amides is 1. The number of aromatic nitrogens is 1. The Kier molecular flexibility index (Phi) is 3.59. The average Bonchev–Trinajstić information content (AvgIpc) is 3.01. The highest BCUT2D eigenvalue weighted by molar-refractivity contribution is 7.99. The van der Waals surface area contributed by atoms with Gasteiger partial charge < -0.3 is 10.2 Å². The van der Waals surface area contributed by atoms with E-state index in [-0.39, 0.29) is 11.9 Å². The molecule has 98 valence electrons. The van der Waals surface area contributed by atoms with Gasteiger partial charge >= 0.3 is 0 Å². The topological polar surface area (TPSA) is 45.2 Å². The molecule has 2 atom stereocenters. The number of nitrogens with one attached hydrogen (secondary N) is 1. The third kappa shape index (κ3) is 2.06. The fraction of sp³-hybridized carbons (Fsp3) is 0.667. The van der Waals surface area contributed by atoms with Crippen molar-refractivity contribution in [1.29, 1.82) is 0 Å². The summed E-state index contributed by atoms with van der Waals surface area (Å²) in [5.41, 5.74) is 2.95. The fourth-order valence-corrected chi connectivity index (χ4v) is 4.86. The average molecular weight is 283 g/mol. The second-order valence-corrected chi connectivity index (χ2v) is 6.72. The Labute approximate surface area is 115 Å². The third-order valence-electron chi connectivity index (χ3n) is 3.69. The fourth-order valence-electron chi connectivity index (χ4n) is 2.70. The molecule has 0 bridgehead atoms. The second kappa shape index (κ2) is 5.19. The number of carbonyl (C=O) groups excluding carboxylic acids is 1. The van der Waals surface area contributed by atoms with Crippen molar-refractivity contribution >= 4 is 29.0 Å². The molecular weight excluding hydrogens is 266 g/mol. The predicted octanol–water partition coefficient (Wildman–Crippen LogP) is 1.29. The molecule has 0 spiro atoms. The van der Waals surface area contributed by atoms with Gasteiger partial charge in [0.1, 0.15) is 6.04 Å². The van der Waals surface area contributed by atoms with Gasteiger partial charge in [0.05, 0.1) is 16.1 Å². The number of hydrogen-bond donors (Lipinski definition) is 1. The van der Waals surface area contributed by atoms with Crippen molar-refractivity contribution in [2.75, 3.05) is 25.1 Å². The van der Waals surface area contributed by atoms with Gasteiger partial charge in [-0.15, -0.1) is 11.3 Å². The van der Waals surface area contributed by atoms with Gasteiger partial charge in [0.15, 0.2) is 0 Å². The van der Waals surface area contributed by atoms with Crippen molar-refractivity contribution in [1.82, 2.24) is 15.2 Å². The van der Waals surface area contributed by atoms with Crippen LogP contribution < -0.4 is 5.32 Å². The quantitative estimate of drug-likeness (QED) is 0.888. The van der Waals surface area contributed by atoms with Gasteiger partial charge in [0, 0.05) is 24.8 Å². The molecule has 1 N–H and O–H groups in total. The molecule has 2 aliphatic heterocycles. The molecule has 3 rings (SSSR count). The van der Waals surface area contributed by atoms with E-state index in [4.69, 9.17) is 0 Å². The lowest BCUT2D eigenvalue weighted by Crippen LogP contribution is -2.45. The molecule has 1 aromatic heterocycles. The van der Waals surface area contributed by atoms with Crippen molar-refractivity contribution in [3.63, 3.8) is 0 Å². The maximum absolute atomic E-state index is 12.7. The van der Waals surface area contributed by atoms with Crippen LogP contribution in [-0.2, 0) is 11.2 Å². The number of nitrogens with zero attached hydrogens (tertiary/aromatic N) is 2. The number of fused-ring (bicyclic) bond motifs is 1. The van der Waals surface area contributed by atoms with E-state index in [9.17, 15) is 4.79 Å². The Morgan fingerprint density at radius 2 is 2.44 bits per heavy atom. The van der Waals surface area contributed by atoms with Crippen molar-refractivity contribution in [3.8, 4) is 0 Å². The summed E-state index contributed by atoms with van der Waals surface area (Å²) < 4.78 is 0. The smallest absolute Gasteiger partial charge is 0.245 e. The maximum atomic E-state index is 12.7. The zero-order chi connectivity index (χ0) is 12.5. The van der Waals surface area contributed by atoms with Gasteiger partial charge in [0.2, 0.25) is 5.91 Å². The molecule has 2 unspecified atom stereocenters. The summed E-state index contributed by atoms with van der Waals surface area (Å²) in [5, 5.41) is 3.16. The van der Waals surface area contributed by atoms with Crippen LogP contribution in [0.5, 0.6) is 0 Å². The van der Waals surface area contributed by atoms with E-state index in [0.717, 1.165) is 35.7 Å². The van der Waals surface area contributed by atoms with Gasteiger partial charge in [-0.05, 0) is 19.2 Å². The van der Waals surface area contributed by atoms with Crippen LogP contribution in [0.2, 0.25) is 0 Å². The predicted molar refractivity (Wildman–Crippen MR) is 75.1 cm³/mol. The van der Waals surface area contributed by atoms with Gasteiger partial charge in [-0.2, -0.15) is 11.8 Å². The molecule has 4 nitrogen and oxygen atoms in total. The highest BCUT2D eigenvalue weighted by Crippen LogP contribution is 2.31. The first-order valence-corrected chi connectivity index (χ1v) is 8.32. The minimum absolute atomic E-state index is 0.194. The van der Waals surface area contributed by atoms with Crippen LogP contribution in [0, 0.1) is 0 Å². The zero-order valence-corrected chi connectivity index (χ0v) is 12.0. The maximum Gasteiger partial charge on any atom is 0.245 e. The summed E-state index contributed by atoms with van der Waals surface area (Å²) in [4.78, 5) is 20.2. The molecule has 0 radical (unpaired) electrons. The second-order valence-electron chi connectivity index (χ2n) is 4.68. The third-order valence-corrected chi connectivity index (χ3v) is 5.77. The Balaban J connectivity index is 1.88. The standard InChI is InChI=1S/C12H17N3OS2/c1-13-10-11-9(14-7-18-11)2-4-15(12(10)16)8-3-5-17-6-8/h7-8,10,13H,2-6H2,1H3. The Morgan fingerprint density at radius 3 is 3.17 bits per heavy atom. The number of hydrogen-bond acceptors (Lipinski definition) is 5. The monoisotopic (exact) mass is 283 g/mol. The summed E-state index contributed by atoms with van der Waals surface area (Å²) in [7, 11) is 1.86. The minimum Gasteiger partial charge on any atom is -0.337 e. The Hall–Kier alpha value is -0.590. The first kappa shape index (κ1) is 12.4. The molecule has 6 heteroatoms. The molecule has 3 heterocycles. The molecule has 0 saturated carbocycles. The van der Waals surface area contributed by atoms with Crippen molar-refractivity contribution in [3.05, 3.63) is 16.1 Å². The van der Waals surface area contributed by atoms with E-state index in [0.29, 0.717) is 6.04 Å². The van der Waals surface area contributed by atoms with Gasteiger partial charge in [-0.25, -0.2) is 4.98 Å². The highest BCUT2D eigenvalue weighted by Gasteiger charge is 2.36. The van der Waals surface area contributed by atoms with E-state index in [1.165, 1.54) is 5.75 Å². The van der Waals surface area contributed by atoms with E-state index >= 15 is 0 Å². The molecule has 2 aliphatic rings. The van der Waals surface area contributed by atoms with Crippen molar-refractivity contribution < 1.29 is 4.79 Å². The number of thiazole rings is 1. The molecule has 0 aliphatic carbocycles. The normalized spacial score (nSPS) is 28.3. The lowest BCUT2D eigenvalue weighted by atomic mass is 10.1. The summed E-state index contributed by atoms with van der Waals surface area (Å²) in [6, 6.07) is 0.230. The number of carbonyl (C=O) groups is 1. The lowest BCUT2D eigenvalue weighted by Gasteiger charge is -2.29.